The fraction of sp³-hybridized carbons (Fsp3) is 0.500. The van der Waals surface area contributed by atoms with Crippen molar-refractivity contribution in [3.63, 3.8) is 0 Å². The van der Waals surface area contributed by atoms with E-state index in [1.165, 1.54) is 4.31 Å². The molecule has 1 aliphatic heterocycles. The lowest BCUT2D eigenvalue weighted by molar-refractivity contribution is 0.361. The Hall–Kier alpha value is -1.57. The lowest BCUT2D eigenvalue weighted by atomic mass is 10.2. The van der Waals surface area contributed by atoms with Crippen LogP contribution in [-0.2, 0) is 16.8 Å². The van der Waals surface area contributed by atoms with E-state index in [2.05, 4.69) is 9.97 Å². The highest BCUT2D eigenvalue weighted by Gasteiger charge is 2.27. The van der Waals surface area contributed by atoms with Crippen LogP contribution in [0.25, 0.3) is 11.0 Å². The van der Waals surface area contributed by atoms with E-state index in [9.17, 15) is 8.42 Å². The number of para-hydroxylation sites is 2. The van der Waals surface area contributed by atoms with Gasteiger partial charge in [0.05, 0.1) is 29.5 Å². The molecule has 3 rings (SSSR count). The van der Waals surface area contributed by atoms with Gasteiger partial charge in [-0.3, -0.25) is 4.98 Å². The Morgan fingerprint density at radius 3 is 2.43 bits per heavy atom. The minimum Gasteiger partial charge on any atom is -0.253 e. The highest BCUT2D eigenvalue weighted by Crippen LogP contribution is 2.17. The number of benzene rings is 1. The minimum atomic E-state index is -3.44. The summed E-state index contributed by atoms with van der Waals surface area (Å²) >= 11 is 0. The Morgan fingerprint density at radius 1 is 1.09 bits per heavy atom. The van der Waals surface area contributed by atoms with Crippen LogP contribution in [-0.4, -0.2) is 47.1 Å². The first-order valence-electron chi connectivity index (χ1n) is 7.99. The van der Waals surface area contributed by atoms with Gasteiger partial charge in [0.25, 0.3) is 10.2 Å². The molecule has 23 heavy (non-hydrogen) atoms. The van der Waals surface area contributed by atoms with E-state index in [1.807, 2.05) is 24.3 Å². The van der Waals surface area contributed by atoms with Crippen molar-refractivity contribution in [1.29, 1.82) is 0 Å². The summed E-state index contributed by atoms with van der Waals surface area (Å²) in [5.74, 6) is 0. The topological polar surface area (TPSA) is 66.4 Å². The van der Waals surface area contributed by atoms with Crippen molar-refractivity contribution in [2.24, 2.45) is 0 Å². The van der Waals surface area contributed by atoms with Gasteiger partial charge < -0.3 is 0 Å². The molecule has 1 aromatic heterocycles. The normalized spacial score (nSPS) is 17.5. The average molecular weight is 334 g/mol. The van der Waals surface area contributed by atoms with Gasteiger partial charge in [0, 0.05) is 20.1 Å². The van der Waals surface area contributed by atoms with Gasteiger partial charge in [0.2, 0.25) is 0 Å². The first kappa shape index (κ1) is 16.3. The van der Waals surface area contributed by atoms with Crippen molar-refractivity contribution in [2.45, 2.75) is 32.2 Å². The zero-order chi connectivity index (χ0) is 16.3. The molecule has 0 N–H and O–H groups in total. The number of hydrogen-bond donors (Lipinski definition) is 0. The summed E-state index contributed by atoms with van der Waals surface area (Å²) < 4.78 is 28.4. The van der Waals surface area contributed by atoms with Crippen molar-refractivity contribution in [3.8, 4) is 0 Å². The van der Waals surface area contributed by atoms with Crippen LogP contribution in [0.5, 0.6) is 0 Å². The third kappa shape index (κ3) is 3.68. The maximum absolute atomic E-state index is 12.7. The first-order chi connectivity index (χ1) is 11.1. The fourth-order valence-corrected chi connectivity index (χ4v) is 4.26. The summed E-state index contributed by atoms with van der Waals surface area (Å²) in [6.45, 7) is 1.45. The van der Waals surface area contributed by atoms with Crippen molar-refractivity contribution < 1.29 is 8.42 Å². The van der Waals surface area contributed by atoms with Crippen LogP contribution in [0.1, 0.15) is 31.4 Å². The van der Waals surface area contributed by atoms with Gasteiger partial charge in [-0.05, 0) is 25.0 Å². The predicted molar refractivity (Wildman–Crippen MR) is 90.0 cm³/mol. The molecule has 1 aromatic carbocycles. The predicted octanol–water partition coefficient (Wildman–Crippen LogP) is 2.18. The Kier molecular flexibility index (Phi) is 4.89. The molecule has 0 radical (unpaired) electrons. The van der Waals surface area contributed by atoms with Crippen LogP contribution in [0.3, 0.4) is 0 Å². The van der Waals surface area contributed by atoms with Crippen LogP contribution < -0.4 is 0 Å². The standard InChI is InChI=1S/C16H22N4O2S/c1-19(23(21,22)20-10-6-2-3-7-11-20)13-14-12-17-15-8-4-5-9-16(15)18-14/h4-5,8-9,12H,2-3,6-7,10-11,13H2,1H3. The van der Waals surface area contributed by atoms with Gasteiger partial charge >= 0.3 is 0 Å². The molecule has 0 bridgehead atoms. The summed E-state index contributed by atoms with van der Waals surface area (Å²) in [6, 6.07) is 7.59. The van der Waals surface area contributed by atoms with Gasteiger partial charge in [-0.15, -0.1) is 0 Å². The molecular formula is C16H22N4O2S. The molecule has 7 heteroatoms. The fourth-order valence-electron chi connectivity index (χ4n) is 2.85. The SMILES string of the molecule is CN(Cc1cnc2ccccc2n1)S(=O)(=O)N1CCCCCC1. The van der Waals surface area contributed by atoms with E-state index >= 15 is 0 Å². The molecule has 6 nitrogen and oxygen atoms in total. The molecule has 1 saturated heterocycles. The maximum atomic E-state index is 12.7. The van der Waals surface area contributed by atoms with Gasteiger partial charge in [0.1, 0.15) is 0 Å². The number of nitrogens with zero attached hydrogens (tertiary/aromatic N) is 4. The van der Waals surface area contributed by atoms with Gasteiger partial charge in [-0.2, -0.15) is 17.0 Å². The lowest BCUT2D eigenvalue weighted by Gasteiger charge is -2.26. The van der Waals surface area contributed by atoms with Gasteiger partial charge in [-0.1, -0.05) is 25.0 Å². The Morgan fingerprint density at radius 2 is 1.74 bits per heavy atom. The third-order valence-electron chi connectivity index (χ3n) is 4.17. The smallest absolute Gasteiger partial charge is 0.253 e. The molecule has 2 aromatic rings. The van der Waals surface area contributed by atoms with Crippen molar-refractivity contribution in [3.05, 3.63) is 36.2 Å². The number of rotatable bonds is 4. The molecule has 0 atom stereocenters. The molecule has 1 aliphatic rings. The van der Waals surface area contributed by atoms with Crippen LogP contribution in [0, 0.1) is 0 Å². The average Bonchev–Trinajstić information content (AvgIpc) is 2.84. The first-order valence-corrected chi connectivity index (χ1v) is 9.39. The van der Waals surface area contributed by atoms with Crippen molar-refractivity contribution in [1.82, 2.24) is 18.6 Å². The number of aromatic nitrogens is 2. The summed E-state index contributed by atoms with van der Waals surface area (Å²) in [7, 11) is -1.83. The molecule has 2 heterocycles. The summed E-state index contributed by atoms with van der Waals surface area (Å²) in [5.41, 5.74) is 2.25. The second kappa shape index (κ2) is 6.90. The second-order valence-corrected chi connectivity index (χ2v) is 7.96. The molecule has 0 spiro atoms. The van der Waals surface area contributed by atoms with Crippen molar-refractivity contribution in [2.75, 3.05) is 20.1 Å². The Bertz CT molecular complexity index is 770. The summed E-state index contributed by atoms with van der Waals surface area (Å²) in [5, 5.41) is 0. The quantitative estimate of drug-likeness (QED) is 0.859. The number of hydrogen-bond acceptors (Lipinski definition) is 4. The van der Waals surface area contributed by atoms with Crippen LogP contribution in [0.15, 0.2) is 30.5 Å². The molecule has 0 aliphatic carbocycles. The summed E-state index contributed by atoms with van der Waals surface area (Å²) in [6.07, 6.45) is 5.72. The third-order valence-corrected chi connectivity index (χ3v) is 6.10. The largest absolute Gasteiger partial charge is 0.282 e. The Balaban J connectivity index is 1.77. The van der Waals surface area contributed by atoms with E-state index in [-0.39, 0.29) is 6.54 Å². The highest BCUT2D eigenvalue weighted by atomic mass is 32.2. The van der Waals surface area contributed by atoms with E-state index < -0.39 is 10.2 Å². The van der Waals surface area contributed by atoms with Gasteiger partial charge in [0.15, 0.2) is 0 Å². The summed E-state index contributed by atoms with van der Waals surface area (Å²) in [4.78, 5) is 8.85. The molecule has 0 saturated carbocycles. The molecule has 1 fully saturated rings. The highest BCUT2D eigenvalue weighted by molar-refractivity contribution is 7.86. The van der Waals surface area contributed by atoms with Crippen molar-refractivity contribution >= 4 is 21.2 Å². The second-order valence-electron chi connectivity index (χ2n) is 5.93. The van der Waals surface area contributed by atoms with Crippen LogP contribution in [0.4, 0.5) is 0 Å². The van der Waals surface area contributed by atoms with E-state index in [1.54, 1.807) is 17.5 Å². The van der Waals surface area contributed by atoms with E-state index in [0.29, 0.717) is 18.8 Å². The van der Waals surface area contributed by atoms with Crippen LogP contribution in [0.2, 0.25) is 0 Å². The monoisotopic (exact) mass is 334 g/mol. The van der Waals surface area contributed by atoms with E-state index in [4.69, 9.17) is 0 Å². The van der Waals surface area contributed by atoms with Gasteiger partial charge in [-0.25, -0.2) is 4.98 Å². The minimum absolute atomic E-state index is 0.233. The van der Waals surface area contributed by atoms with E-state index in [0.717, 1.165) is 36.7 Å². The molecule has 0 unspecified atom stereocenters. The molecular weight excluding hydrogens is 312 g/mol. The number of fused-ring (bicyclic) bond motifs is 1. The zero-order valence-corrected chi connectivity index (χ0v) is 14.2. The molecule has 0 amide bonds. The molecule has 124 valence electrons. The maximum Gasteiger partial charge on any atom is 0.282 e. The lowest BCUT2D eigenvalue weighted by Crippen LogP contribution is -2.42. The Labute approximate surface area is 137 Å². The van der Waals surface area contributed by atoms with Crippen LogP contribution >= 0.6 is 0 Å². The zero-order valence-electron chi connectivity index (χ0n) is 13.4.